The van der Waals surface area contributed by atoms with Gasteiger partial charge in [-0.3, -0.25) is 0 Å². The maximum absolute atomic E-state index is 5.85. The average molecular weight is 249 g/mol. The highest BCUT2D eigenvalue weighted by Gasteiger charge is 2.07. The van der Waals surface area contributed by atoms with Crippen LogP contribution in [0.3, 0.4) is 0 Å². The number of nitrogens with two attached hydrogens (primary N) is 1. The van der Waals surface area contributed by atoms with Gasteiger partial charge in [0.05, 0.1) is 5.75 Å². The number of nitrogen functional groups attached to an aromatic ring is 1. The monoisotopic (exact) mass is 249 g/mol. The van der Waals surface area contributed by atoms with E-state index in [-0.39, 0.29) is 0 Å². The van der Waals surface area contributed by atoms with Crippen LogP contribution in [0.15, 0.2) is 27.6 Å². The molecule has 2 rings (SSSR count). The lowest BCUT2D eigenvalue weighted by Crippen LogP contribution is -1.91. The summed E-state index contributed by atoms with van der Waals surface area (Å²) in [6, 6.07) is 5.91. The van der Waals surface area contributed by atoms with Gasteiger partial charge in [0.1, 0.15) is 0 Å². The van der Waals surface area contributed by atoms with Gasteiger partial charge in [-0.1, -0.05) is 18.1 Å². The first kappa shape index (κ1) is 12.0. The molecule has 0 aliphatic heterocycles. The predicted octanol–water partition coefficient (Wildman–Crippen LogP) is 2.81. The lowest BCUT2D eigenvalue weighted by Gasteiger charge is -2.05. The molecule has 0 radical (unpaired) electrons. The minimum Gasteiger partial charge on any atom is -0.398 e. The van der Waals surface area contributed by atoms with Crippen LogP contribution in [0.1, 0.15) is 24.2 Å². The third-order valence-corrected chi connectivity index (χ3v) is 3.65. The normalized spacial score (nSPS) is 10.7. The van der Waals surface area contributed by atoms with Gasteiger partial charge in [0.15, 0.2) is 5.82 Å². The second-order valence-corrected chi connectivity index (χ2v) is 4.73. The summed E-state index contributed by atoms with van der Waals surface area (Å²) < 4.78 is 5.13. The van der Waals surface area contributed by atoms with Crippen LogP contribution in [0.5, 0.6) is 0 Å². The molecule has 0 aliphatic carbocycles. The summed E-state index contributed by atoms with van der Waals surface area (Å²) in [5.41, 5.74) is 7.77. The lowest BCUT2D eigenvalue weighted by molar-refractivity contribution is 0.385. The van der Waals surface area contributed by atoms with Crippen molar-refractivity contribution < 1.29 is 4.52 Å². The van der Waals surface area contributed by atoms with Crippen LogP contribution in [0, 0.1) is 6.92 Å². The fourth-order valence-corrected chi connectivity index (χ4v) is 2.33. The molecule has 17 heavy (non-hydrogen) atoms. The second-order valence-electron chi connectivity index (χ2n) is 3.72. The quantitative estimate of drug-likeness (QED) is 0.666. The minimum absolute atomic E-state index is 0.661. The summed E-state index contributed by atoms with van der Waals surface area (Å²) in [7, 11) is 0. The molecule has 0 fully saturated rings. The molecule has 90 valence electrons. The molecule has 4 nitrogen and oxygen atoms in total. The number of anilines is 1. The predicted molar refractivity (Wildman–Crippen MR) is 68.8 cm³/mol. The summed E-state index contributed by atoms with van der Waals surface area (Å²) in [5.74, 6) is 2.09. The number of hydrogen-bond acceptors (Lipinski definition) is 5. The fourth-order valence-electron chi connectivity index (χ4n) is 1.42. The zero-order valence-electron chi connectivity index (χ0n) is 9.93. The van der Waals surface area contributed by atoms with Crippen LogP contribution in [0.2, 0.25) is 0 Å². The molecule has 2 aromatic rings. The Hall–Kier alpha value is -1.49. The summed E-state index contributed by atoms with van der Waals surface area (Å²) in [5, 5.41) is 3.86. The van der Waals surface area contributed by atoms with Crippen molar-refractivity contribution in [2.75, 3.05) is 5.73 Å². The maximum atomic E-state index is 5.85. The Kier molecular flexibility index (Phi) is 3.68. The van der Waals surface area contributed by atoms with Crippen LogP contribution >= 0.6 is 11.8 Å². The number of aryl methyl sites for hydroxylation is 1. The van der Waals surface area contributed by atoms with Crippen LogP contribution in [0.4, 0.5) is 5.69 Å². The van der Waals surface area contributed by atoms with Crippen molar-refractivity contribution in [2.45, 2.75) is 30.9 Å². The first-order valence-corrected chi connectivity index (χ1v) is 6.48. The average Bonchev–Trinajstić information content (AvgIpc) is 2.79. The van der Waals surface area contributed by atoms with E-state index < -0.39 is 0 Å². The van der Waals surface area contributed by atoms with E-state index >= 15 is 0 Å². The summed E-state index contributed by atoms with van der Waals surface area (Å²) in [6.07, 6.45) is 0.797. The van der Waals surface area contributed by atoms with E-state index in [4.69, 9.17) is 10.3 Å². The summed E-state index contributed by atoms with van der Waals surface area (Å²) in [6.45, 7) is 4.02. The lowest BCUT2D eigenvalue weighted by atomic mass is 10.2. The van der Waals surface area contributed by atoms with Crippen molar-refractivity contribution in [3.05, 3.63) is 35.5 Å². The van der Waals surface area contributed by atoms with E-state index in [0.29, 0.717) is 11.6 Å². The van der Waals surface area contributed by atoms with Gasteiger partial charge in [-0.25, -0.2) is 0 Å². The van der Waals surface area contributed by atoms with E-state index in [2.05, 4.69) is 10.1 Å². The van der Waals surface area contributed by atoms with Gasteiger partial charge >= 0.3 is 0 Å². The Labute approximate surface area is 105 Å². The number of aromatic nitrogens is 2. The molecule has 0 amide bonds. The first-order valence-electron chi connectivity index (χ1n) is 5.50. The Morgan fingerprint density at radius 2 is 2.24 bits per heavy atom. The highest BCUT2D eigenvalue weighted by molar-refractivity contribution is 7.98. The molecule has 0 saturated carbocycles. The van der Waals surface area contributed by atoms with Crippen molar-refractivity contribution >= 4 is 17.4 Å². The van der Waals surface area contributed by atoms with Gasteiger partial charge in [-0.15, -0.1) is 11.8 Å². The van der Waals surface area contributed by atoms with E-state index in [1.165, 1.54) is 0 Å². The van der Waals surface area contributed by atoms with Crippen LogP contribution < -0.4 is 5.73 Å². The third-order valence-electron chi connectivity index (χ3n) is 2.50. The Morgan fingerprint density at radius 1 is 1.41 bits per heavy atom. The standard InChI is InChI=1S/C12H15N3OS/c1-3-11-14-12(16-15-11)7-17-10-6-4-5-9(13)8(10)2/h4-6H,3,7,13H2,1-2H3. The topological polar surface area (TPSA) is 64.9 Å². The zero-order chi connectivity index (χ0) is 12.3. The number of hydrogen-bond donors (Lipinski definition) is 1. The van der Waals surface area contributed by atoms with E-state index in [9.17, 15) is 0 Å². The van der Waals surface area contributed by atoms with Crippen molar-refractivity contribution in [3.8, 4) is 0 Å². The number of nitrogens with zero attached hydrogens (tertiary/aromatic N) is 2. The Balaban J connectivity index is 2.04. The van der Waals surface area contributed by atoms with Crippen LogP contribution in [-0.2, 0) is 12.2 Å². The van der Waals surface area contributed by atoms with E-state index in [1.807, 2.05) is 32.0 Å². The molecule has 0 atom stereocenters. The molecule has 2 N–H and O–H groups in total. The van der Waals surface area contributed by atoms with Gasteiger partial charge in [-0.05, 0) is 24.6 Å². The number of benzene rings is 1. The Bertz CT molecular complexity index is 510. The molecule has 0 bridgehead atoms. The molecule has 0 spiro atoms. The van der Waals surface area contributed by atoms with Gasteiger partial charge in [-0.2, -0.15) is 4.98 Å². The smallest absolute Gasteiger partial charge is 0.237 e. The molecule has 1 aromatic heterocycles. The second kappa shape index (κ2) is 5.23. The molecule has 1 heterocycles. The highest BCUT2D eigenvalue weighted by Crippen LogP contribution is 2.28. The zero-order valence-corrected chi connectivity index (χ0v) is 10.8. The molecule has 1 aromatic carbocycles. The number of thioether (sulfide) groups is 1. The molecular formula is C12H15N3OS. The molecule has 0 saturated heterocycles. The van der Waals surface area contributed by atoms with Gasteiger partial charge in [0.25, 0.3) is 0 Å². The summed E-state index contributed by atoms with van der Waals surface area (Å²) >= 11 is 1.66. The van der Waals surface area contributed by atoms with E-state index in [0.717, 1.165) is 28.4 Å². The molecule has 0 aliphatic rings. The number of rotatable bonds is 4. The third kappa shape index (κ3) is 2.79. The molecule has 5 heteroatoms. The van der Waals surface area contributed by atoms with E-state index in [1.54, 1.807) is 11.8 Å². The van der Waals surface area contributed by atoms with Crippen molar-refractivity contribution in [1.82, 2.24) is 10.1 Å². The van der Waals surface area contributed by atoms with Crippen LogP contribution in [-0.4, -0.2) is 10.1 Å². The van der Waals surface area contributed by atoms with Crippen molar-refractivity contribution in [3.63, 3.8) is 0 Å². The van der Waals surface area contributed by atoms with Crippen LogP contribution in [0.25, 0.3) is 0 Å². The SMILES string of the molecule is CCc1noc(CSc2cccc(N)c2C)n1. The van der Waals surface area contributed by atoms with Crippen molar-refractivity contribution in [1.29, 1.82) is 0 Å². The van der Waals surface area contributed by atoms with Gasteiger partial charge in [0, 0.05) is 17.0 Å². The maximum Gasteiger partial charge on any atom is 0.237 e. The highest BCUT2D eigenvalue weighted by atomic mass is 32.2. The van der Waals surface area contributed by atoms with Gasteiger partial charge < -0.3 is 10.3 Å². The molecular weight excluding hydrogens is 234 g/mol. The summed E-state index contributed by atoms with van der Waals surface area (Å²) in [4.78, 5) is 5.42. The fraction of sp³-hybridized carbons (Fsp3) is 0.333. The van der Waals surface area contributed by atoms with Gasteiger partial charge in [0.2, 0.25) is 5.89 Å². The minimum atomic E-state index is 0.661. The molecule has 0 unspecified atom stereocenters. The largest absolute Gasteiger partial charge is 0.398 e. The van der Waals surface area contributed by atoms with Crippen molar-refractivity contribution in [2.24, 2.45) is 0 Å². The first-order chi connectivity index (χ1) is 8.20. The Morgan fingerprint density at radius 3 is 2.94 bits per heavy atom.